The first-order valence-corrected chi connectivity index (χ1v) is 7.77. The molecule has 0 spiro atoms. The number of nitriles is 1. The molecule has 1 fully saturated rings. The van der Waals surface area contributed by atoms with Crippen molar-refractivity contribution in [2.24, 2.45) is 5.92 Å². The quantitative estimate of drug-likeness (QED) is 0.852. The Bertz CT molecular complexity index is 547. The van der Waals surface area contributed by atoms with Crippen molar-refractivity contribution in [2.45, 2.75) is 26.3 Å². The van der Waals surface area contributed by atoms with Gasteiger partial charge in [0.25, 0.3) is 5.91 Å². The minimum absolute atomic E-state index is 0.0753. The molecule has 0 unspecified atom stereocenters. The highest BCUT2D eigenvalue weighted by Gasteiger charge is 2.30. The van der Waals surface area contributed by atoms with E-state index in [0.717, 1.165) is 13.1 Å². The number of hydrogen-bond acceptors (Lipinski definition) is 4. The van der Waals surface area contributed by atoms with E-state index in [1.54, 1.807) is 12.3 Å². The van der Waals surface area contributed by atoms with E-state index in [9.17, 15) is 9.90 Å². The number of hydrogen-bond donors (Lipinski definition) is 2. The zero-order valence-electron chi connectivity index (χ0n) is 13.2. The van der Waals surface area contributed by atoms with Crippen molar-refractivity contribution in [3.8, 4) is 6.07 Å². The molecule has 1 amide bonds. The molecule has 2 heterocycles. The fourth-order valence-electron chi connectivity index (χ4n) is 2.96. The van der Waals surface area contributed by atoms with Gasteiger partial charge in [0.05, 0.1) is 5.56 Å². The van der Waals surface area contributed by atoms with Crippen molar-refractivity contribution in [3.05, 3.63) is 23.5 Å². The van der Waals surface area contributed by atoms with Crippen molar-refractivity contribution in [1.29, 1.82) is 5.26 Å². The monoisotopic (exact) mass is 304 g/mol. The van der Waals surface area contributed by atoms with Crippen LogP contribution in [-0.4, -0.2) is 64.6 Å². The highest BCUT2D eigenvalue weighted by molar-refractivity contribution is 5.93. The van der Waals surface area contributed by atoms with Crippen molar-refractivity contribution in [3.63, 3.8) is 0 Å². The zero-order valence-corrected chi connectivity index (χ0v) is 13.2. The molecule has 2 rings (SSSR count). The molecule has 2 N–H and O–H groups in total. The Labute approximate surface area is 131 Å². The molecule has 0 saturated carbocycles. The Balaban J connectivity index is 2.04. The van der Waals surface area contributed by atoms with E-state index >= 15 is 0 Å². The number of nitrogens with one attached hydrogen (secondary N) is 1. The van der Waals surface area contributed by atoms with Crippen LogP contribution in [0.4, 0.5) is 0 Å². The fraction of sp³-hybridized carbons (Fsp3) is 0.625. The third-order valence-corrected chi connectivity index (χ3v) is 4.00. The predicted octanol–water partition coefficient (Wildman–Crippen LogP) is 1.05. The van der Waals surface area contributed by atoms with Crippen LogP contribution in [0.2, 0.25) is 0 Å². The molecule has 0 aromatic carbocycles. The van der Waals surface area contributed by atoms with Gasteiger partial charge in [-0.25, -0.2) is 0 Å². The van der Waals surface area contributed by atoms with E-state index in [1.165, 1.54) is 0 Å². The van der Waals surface area contributed by atoms with Crippen LogP contribution in [0.1, 0.15) is 36.3 Å². The number of aliphatic hydroxyl groups is 1. The van der Waals surface area contributed by atoms with Crippen molar-refractivity contribution in [1.82, 2.24) is 14.8 Å². The van der Waals surface area contributed by atoms with Gasteiger partial charge in [0, 0.05) is 45.0 Å². The molecule has 1 aliphatic rings. The van der Waals surface area contributed by atoms with Gasteiger partial charge in [0.1, 0.15) is 11.8 Å². The van der Waals surface area contributed by atoms with E-state index in [-0.39, 0.29) is 18.6 Å². The van der Waals surface area contributed by atoms with Gasteiger partial charge in [-0.15, -0.1) is 0 Å². The fourth-order valence-corrected chi connectivity index (χ4v) is 2.96. The van der Waals surface area contributed by atoms with Gasteiger partial charge >= 0.3 is 0 Å². The summed E-state index contributed by atoms with van der Waals surface area (Å²) in [7, 11) is 0. The normalized spacial score (nSPS) is 19.4. The summed E-state index contributed by atoms with van der Waals surface area (Å²) in [6, 6.07) is 3.80. The van der Waals surface area contributed by atoms with Gasteiger partial charge in [-0.3, -0.25) is 9.69 Å². The van der Waals surface area contributed by atoms with Crippen LogP contribution in [0, 0.1) is 17.2 Å². The SMILES string of the molecule is CC(C)CN1CCN(C(=O)c2cc(C#N)c[nH]2)C[C@H]1CCO. The number of aromatic amines is 1. The number of carbonyl (C=O) groups excluding carboxylic acids is 1. The number of carbonyl (C=O) groups is 1. The molecule has 0 radical (unpaired) electrons. The summed E-state index contributed by atoms with van der Waals surface area (Å²) in [5.41, 5.74) is 0.922. The molecule has 1 aromatic rings. The van der Waals surface area contributed by atoms with Gasteiger partial charge in [-0.2, -0.15) is 5.26 Å². The molecule has 6 heteroatoms. The first-order chi connectivity index (χ1) is 10.5. The minimum atomic E-state index is -0.0753. The van der Waals surface area contributed by atoms with Crippen LogP contribution >= 0.6 is 0 Å². The Morgan fingerprint density at radius 2 is 2.32 bits per heavy atom. The van der Waals surface area contributed by atoms with Crippen LogP contribution in [0.25, 0.3) is 0 Å². The smallest absolute Gasteiger partial charge is 0.270 e. The third-order valence-electron chi connectivity index (χ3n) is 4.00. The van der Waals surface area contributed by atoms with E-state index in [1.807, 2.05) is 11.0 Å². The maximum absolute atomic E-state index is 12.5. The number of amides is 1. The van der Waals surface area contributed by atoms with Crippen LogP contribution in [-0.2, 0) is 0 Å². The van der Waals surface area contributed by atoms with Crippen molar-refractivity contribution in [2.75, 3.05) is 32.8 Å². The molecule has 120 valence electrons. The summed E-state index contributed by atoms with van der Waals surface area (Å²) < 4.78 is 0. The molecule has 22 heavy (non-hydrogen) atoms. The van der Waals surface area contributed by atoms with Crippen LogP contribution in [0.5, 0.6) is 0 Å². The Kier molecular flexibility index (Phi) is 5.58. The minimum Gasteiger partial charge on any atom is -0.396 e. The first-order valence-electron chi connectivity index (χ1n) is 7.77. The summed E-state index contributed by atoms with van der Waals surface area (Å²) in [6.07, 6.45) is 2.22. The summed E-state index contributed by atoms with van der Waals surface area (Å²) >= 11 is 0. The summed E-state index contributed by atoms with van der Waals surface area (Å²) in [5, 5.41) is 18.1. The van der Waals surface area contributed by atoms with Gasteiger partial charge in [-0.05, 0) is 18.4 Å². The molecule has 0 bridgehead atoms. The van der Waals surface area contributed by atoms with E-state index in [0.29, 0.717) is 36.7 Å². The highest BCUT2D eigenvalue weighted by Crippen LogP contribution is 2.17. The second-order valence-electron chi connectivity index (χ2n) is 6.22. The van der Waals surface area contributed by atoms with E-state index < -0.39 is 0 Å². The Hall–Kier alpha value is -1.84. The number of nitrogens with zero attached hydrogens (tertiary/aromatic N) is 3. The largest absolute Gasteiger partial charge is 0.396 e. The molecule has 1 saturated heterocycles. The van der Waals surface area contributed by atoms with Crippen LogP contribution in [0.15, 0.2) is 12.3 Å². The number of aliphatic hydroxyl groups excluding tert-OH is 1. The second-order valence-corrected chi connectivity index (χ2v) is 6.22. The standard InChI is InChI=1S/C16H24N4O2/c1-12(2)10-19-4-5-20(11-14(19)3-6-21)16(22)15-7-13(8-17)9-18-15/h7,9,12,14,18,21H,3-6,10-11H2,1-2H3/t14-/m1/s1. The third kappa shape index (κ3) is 3.87. The molecule has 6 nitrogen and oxygen atoms in total. The van der Waals surface area contributed by atoms with Crippen LogP contribution in [0.3, 0.4) is 0 Å². The first kappa shape index (κ1) is 16.5. The van der Waals surface area contributed by atoms with Crippen molar-refractivity contribution < 1.29 is 9.90 Å². The number of aromatic nitrogens is 1. The topological polar surface area (TPSA) is 83.4 Å². The van der Waals surface area contributed by atoms with Crippen LogP contribution < -0.4 is 0 Å². The van der Waals surface area contributed by atoms with Gasteiger partial charge < -0.3 is 15.0 Å². The number of H-pyrrole nitrogens is 1. The van der Waals surface area contributed by atoms with Gasteiger partial charge in [-0.1, -0.05) is 13.8 Å². The molecule has 1 aliphatic heterocycles. The maximum atomic E-state index is 12.5. The van der Waals surface area contributed by atoms with E-state index in [4.69, 9.17) is 5.26 Å². The predicted molar refractivity (Wildman–Crippen MR) is 83.3 cm³/mol. The molecular formula is C16H24N4O2. The maximum Gasteiger partial charge on any atom is 0.270 e. The summed E-state index contributed by atoms with van der Waals surface area (Å²) in [4.78, 5) is 19.6. The van der Waals surface area contributed by atoms with Crippen molar-refractivity contribution >= 4 is 5.91 Å². The lowest BCUT2D eigenvalue weighted by atomic mass is 10.1. The Morgan fingerprint density at radius 1 is 1.55 bits per heavy atom. The van der Waals surface area contributed by atoms with E-state index in [2.05, 4.69) is 23.7 Å². The highest BCUT2D eigenvalue weighted by atomic mass is 16.3. The zero-order chi connectivity index (χ0) is 16.1. The molecule has 1 atom stereocenters. The lowest BCUT2D eigenvalue weighted by molar-refractivity contribution is 0.0381. The average molecular weight is 304 g/mol. The Morgan fingerprint density at radius 3 is 2.91 bits per heavy atom. The lowest BCUT2D eigenvalue weighted by Crippen LogP contribution is -2.55. The summed E-state index contributed by atoms with van der Waals surface area (Å²) in [6.45, 7) is 7.57. The molecule has 1 aromatic heterocycles. The summed E-state index contributed by atoms with van der Waals surface area (Å²) in [5.74, 6) is 0.485. The number of rotatable bonds is 5. The number of piperazine rings is 1. The van der Waals surface area contributed by atoms with Gasteiger partial charge in [0.2, 0.25) is 0 Å². The second kappa shape index (κ2) is 7.43. The lowest BCUT2D eigenvalue weighted by Gasteiger charge is -2.42. The molecule has 0 aliphatic carbocycles. The molecular weight excluding hydrogens is 280 g/mol. The van der Waals surface area contributed by atoms with Gasteiger partial charge in [0.15, 0.2) is 0 Å². The average Bonchev–Trinajstić information content (AvgIpc) is 2.97.